The highest BCUT2D eigenvalue weighted by atomic mass is 35.5. The molecule has 1 N–H and O–H groups in total. The van der Waals surface area contributed by atoms with Crippen molar-refractivity contribution < 1.29 is 9.59 Å². The van der Waals surface area contributed by atoms with Crippen molar-refractivity contribution in [2.75, 3.05) is 16.8 Å². The SMILES string of the molecule is CCc1cccc(CC)c1NC(=O)[C@@H]1CC(=O)N(c2cccc(Cl)c2Cl)C1. The lowest BCUT2D eigenvalue weighted by atomic mass is 10.0. The number of anilines is 2. The minimum Gasteiger partial charge on any atom is -0.325 e. The molecule has 0 spiro atoms. The maximum atomic E-state index is 12.9. The molecule has 0 aliphatic carbocycles. The molecule has 1 aliphatic rings. The van der Waals surface area contributed by atoms with E-state index in [0.29, 0.717) is 22.3 Å². The first-order valence-corrected chi connectivity index (χ1v) is 9.87. The molecule has 1 aliphatic heterocycles. The summed E-state index contributed by atoms with van der Waals surface area (Å²) in [5.74, 6) is -0.694. The summed E-state index contributed by atoms with van der Waals surface area (Å²) in [6.45, 7) is 4.42. The Bertz CT molecular complexity index is 860. The standard InChI is InChI=1S/C21H22Cl2N2O2/c1-3-13-7-5-8-14(4-2)20(13)24-21(27)15-11-18(26)25(12-15)17-10-6-9-16(22)19(17)23/h5-10,15H,3-4,11-12H2,1-2H3,(H,24,27)/t15-/m1/s1. The second-order valence-electron chi connectivity index (χ2n) is 6.63. The summed E-state index contributed by atoms with van der Waals surface area (Å²) >= 11 is 12.3. The Labute approximate surface area is 169 Å². The van der Waals surface area contributed by atoms with Crippen LogP contribution >= 0.6 is 23.2 Å². The second-order valence-corrected chi connectivity index (χ2v) is 7.41. The molecule has 142 valence electrons. The van der Waals surface area contributed by atoms with Gasteiger partial charge in [0.15, 0.2) is 0 Å². The van der Waals surface area contributed by atoms with Crippen molar-refractivity contribution in [3.05, 3.63) is 57.6 Å². The van der Waals surface area contributed by atoms with E-state index in [4.69, 9.17) is 23.2 Å². The van der Waals surface area contributed by atoms with Crippen LogP contribution in [0, 0.1) is 5.92 Å². The fourth-order valence-electron chi connectivity index (χ4n) is 3.45. The molecule has 27 heavy (non-hydrogen) atoms. The molecule has 1 fully saturated rings. The van der Waals surface area contributed by atoms with E-state index in [0.717, 1.165) is 29.7 Å². The van der Waals surface area contributed by atoms with E-state index in [9.17, 15) is 9.59 Å². The van der Waals surface area contributed by atoms with Gasteiger partial charge in [-0.3, -0.25) is 9.59 Å². The van der Waals surface area contributed by atoms with Gasteiger partial charge in [0.1, 0.15) is 0 Å². The number of nitrogens with one attached hydrogen (secondary N) is 1. The normalized spacial score (nSPS) is 16.7. The Morgan fingerprint density at radius 3 is 2.37 bits per heavy atom. The quantitative estimate of drug-likeness (QED) is 0.752. The van der Waals surface area contributed by atoms with Crippen molar-refractivity contribution in [3.63, 3.8) is 0 Å². The van der Waals surface area contributed by atoms with Gasteiger partial charge < -0.3 is 10.2 Å². The van der Waals surface area contributed by atoms with Gasteiger partial charge in [0.2, 0.25) is 11.8 Å². The zero-order valence-electron chi connectivity index (χ0n) is 15.4. The zero-order valence-corrected chi connectivity index (χ0v) is 16.9. The van der Waals surface area contributed by atoms with Gasteiger partial charge in [-0.1, -0.05) is 61.3 Å². The van der Waals surface area contributed by atoms with Crippen LogP contribution in [0.15, 0.2) is 36.4 Å². The van der Waals surface area contributed by atoms with Crippen LogP contribution in [0.4, 0.5) is 11.4 Å². The van der Waals surface area contributed by atoms with E-state index in [-0.39, 0.29) is 18.2 Å². The number of rotatable bonds is 5. The second kappa shape index (κ2) is 8.32. The monoisotopic (exact) mass is 404 g/mol. The summed E-state index contributed by atoms with van der Waals surface area (Å²) in [6, 6.07) is 11.2. The molecule has 0 radical (unpaired) electrons. The summed E-state index contributed by atoms with van der Waals surface area (Å²) < 4.78 is 0. The predicted molar refractivity (Wildman–Crippen MR) is 111 cm³/mol. The van der Waals surface area contributed by atoms with Crippen LogP contribution in [0.3, 0.4) is 0 Å². The number of aryl methyl sites for hydroxylation is 2. The van der Waals surface area contributed by atoms with Crippen LogP contribution < -0.4 is 10.2 Å². The first kappa shape index (κ1) is 19.7. The summed E-state index contributed by atoms with van der Waals surface area (Å²) in [5, 5.41) is 3.78. The Kier molecular flexibility index (Phi) is 6.08. The summed E-state index contributed by atoms with van der Waals surface area (Å²) in [7, 11) is 0. The topological polar surface area (TPSA) is 49.4 Å². The Hall–Kier alpha value is -2.04. The molecular formula is C21H22Cl2N2O2. The Morgan fingerprint density at radius 2 is 1.74 bits per heavy atom. The highest BCUT2D eigenvalue weighted by Crippen LogP contribution is 2.36. The number of carbonyl (C=O) groups is 2. The van der Waals surface area contributed by atoms with E-state index < -0.39 is 5.92 Å². The van der Waals surface area contributed by atoms with E-state index in [2.05, 4.69) is 19.2 Å². The molecule has 0 aromatic heterocycles. The van der Waals surface area contributed by atoms with Crippen LogP contribution in [0.2, 0.25) is 10.0 Å². The number of halogens is 2. The van der Waals surface area contributed by atoms with Crippen molar-refractivity contribution in [1.82, 2.24) is 0 Å². The summed E-state index contributed by atoms with van der Waals surface area (Å²) in [4.78, 5) is 26.9. The fraction of sp³-hybridized carbons (Fsp3) is 0.333. The molecule has 3 rings (SSSR count). The number of nitrogens with zero attached hydrogens (tertiary/aromatic N) is 1. The van der Waals surface area contributed by atoms with Gasteiger partial charge in [0.25, 0.3) is 0 Å². The first-order valence-electron chi connectivity index (χ1n) is 9.12. The van der Waals surface area contributed by atoms with Gasteiger partial charge in [-0.25, -0.2) is 0 Å². The van der Waals surface area contributed by atoms with Crippen LogP contribution in [0.5, 0.6) is 0 Å². The molecule has 4 nitrogen and oxygen atoms in total. The maximum absolute atomic E-state index is 12.9. The smallest absolute Gasteiger partial charge is 0.229 e. The van der Waals surface area contributed by atoms with Gasteiger partial charge in [0, 0.05) is 18.7 Å². The third-order valence-electron chi connectivity index (χ3n) is 4.96. The van der Waals surface area contributed by atoms with E-state index >= 15 is 0 Å². The first-order chi connectivity index (χ1) is 13.0. The molecule has 0 saturated carbocycles. The molecule has 1 saturated heterocycles. The number of para-hydroxylation sites is 1. The minimum atomic E-state index is -0.429. The number of hydrogen-bond acceptors (Lipinski definition) is 2. The van der Waals surface area contributed by atoms with Crippen LogP contribution in [0.1, 0.15) is 31.4 Å². The van der Waals surface area contributed by atoms with Crippen LogP contribution in [-0.4, -0.2) is 18.4 Å². The molecule has 1 heterocycles. The van der Waals surface area contributed by atoms with Gasteiger partial charge in [0.05, 0.1) is 21.7 Å². The van der Waals surface area contributed by atoms with Gasteiger partial charge in [-0.15, -0.1) is 0 Å². The van der Waals surface area contributed by atoms with E-state index in [1.54, 1.807) is 23.1 Å². The average molecular weight is 405 g/mol. The van der Waals surface area contributed by atoms with Crippen molar-refractivity contribution in [1.29, 1.82) is 0 Å². The predicted octanol–water partition coefficient (Wildman–Crippen LogP) is 5.11. The third kappa shape index (κ3) is 3.97. The van der Waals surface area contributed by atoms with Crippen molar-refractivity contribution in [3.8, 4) is 0 Å². The molecule has 6 heteroatoms. The lowest BCUT2D eigenvalue weighted by molar-refractivity contribution is -0.122. The number of amides is 2. The molecule has 2 aromatic rings. The van der Waals surface area contributed by atoms with Gasteiger partial charge in [-0.05, 0) is 36.1 Å². The summed E-state index contributed by atoms with van der Waals surface area (Å²) in [5.41, 5.74) is 3.62. The van der Waals surface area contributed by atoms with Gasteiger partial charge >= 0.3 is 0 Å². The van der Waals surface area contributed by atoms with Crippen molar-refractivity contribution >= 4 is 46.4 Å². The highest BCUT2D eigenvalue weighted by molar-refractivity contribution is 6.44. The molecular weight excluding hydrogens is 383 g/mol. The molecule has 1 atom stereocenters. The number of carbonyl (C=O) groups excluding carboxylic acids is 2. The van der Waals surface area contributed by atoms with Crippen molar-refractivity contribution in [2.45, 2.75) is 33.1 Å². The van der Waals surface area contributed by atoms with Gasteiger partial charge in [-0.2, -0.15) is 0 Å². The minimum absolute atomic E-state index is 0.126. The van der Waals surface area contributed by atoms with Crippen LogP contribution in [0.25, 0.3) is 0 Å². The molecule has 2 aromatic carbocycles. The zero-order chi connectivity index (χ0) is 19.6. The van der Waals surface area contributed by atoms with Crippen LogP contribution in [-0.2, 0) is 22.4 Å². The highest BCUT2D eigenvalue weighted by Gasteiger charge is 2.36. The lowest BCUT2D eigenvalue weighted by Crippen LogP contribution is -2.28. The third-order valence-corrected chi connectivity index (χ3v) is 5.77. The molecule has 0 unspecified atom stereocenters. The van der Waals surface area contributed by atoms with E-state index in [1.165, 1.54) is 0 Å². The Morgan fingerprint density at radius 1 is 1.11 bits per heavy atom. The molecule has 0 bridgehead atoms. The molecule has 2 amide bonds. The average Bonchev–Trinajstić information content (AvgIpc) is 3.05. The largest absolute Gasteiger partial charge is 0.325 e. The Balaban J connectivity index is 1.80. The fourth-order valence-corrected chi connectivity index (χ4v) is 3.84. The summed E-state index contributed by atoms with van der Waals surface area (Å²) in [6.07, 6.45) is 1.82. The van der Waals surface area contributed by atoms with Crippen molar-refractivity contribution in [2.24, 2.45) is 5.92 Å². The van der Waals surface area contributed by atoms with E-state index in [1.807, 2.05) is 18.2 Å². The number of hydrogen-bond donors (Lipinski definition) is 1. The lowest BCUT2D eigenvalue weighted by Gasteiger charge is -2.19. The number of benzene rings is 2. The maximum Gasteiger partial charge on any atom is 0.229 e.